The summed E-state index contributed by atoms with van der Waals surface area (Å²) >= 11 is 0. The van der Waals surface area contributed by atoms with Crippen LogP contribution in [0.3, 0.4) is 0 Å². The normalized spacial score (nSPS) is 12.1. The van der Waals surface area contributed by atoms with E-state index in [1.54, 1.807) is 6.07 Å². The Labute approximate surface area is 474 Å². The third kappa shape index (κ3) is 7.10. The van der Waals surface area contributed by atoms with Crippen LogP contribution in [0.5, 0.6) is 11.5 Å². The molecule has 16 rings (SSSR count). The molecule has 382 valence electrons. The summed E-state index contributed by atoms with van der Waals surface area (Å²) in [5, 5.41) is 9.24. The van der Waals surface area contributed by atoms with E-state index in [0.29, 0.717) is 22.9 Å². The molecule has 16 aromatic rings. The van der Waals surface area contributed by atoms with Crippen molar-refractivity contribution in [2.24, 2.45) is 0 Å². The van der Waals surface area contributed by atoms with E-state index in [1.165, 1.54) is 54.4 Å². The average Bonchev–Trinajstić information content (AvgIpc) is 4.49. The third-order valence-electron chi connectivity index (χ3n) is 15.9. The molecule has 9 heteroatoms. The number of benzene rings is 10. The van der Waals surface area contributed by atoms with E-state index >= 15 is 0 Å². The number of aromatic nitrogens is 6. The van der Waals surface area contributed by atoms with Crippen molar-refractivity contribution in [2.75, 3.05) is 0 Å². The number of nitrogens with zero attached hydrogens (tertiary/aromatic N) is 7. The van der Waals surface area contributed by atoms with Crippen molar-refractivity contribution < 1.29 is 30.4 Å². The largest absolute Gasteiger partial charge is 0.511 e. The second-order valence-electron chi connectivity index (χ2n) is 21.5. The molecule has 0 unspecified atom stereocenters. The Kier molecular flexibility index (Phi) is 10.6. The van der Waals surface area contributed by atoms with E-state index < -0.39 is 0 Å². The molecule has 0 saturated carbocycles. The van der Waals surface area contributed by atoms with Gasteiger partial charge in [0.2, 0.25) is 0 Å². The van der Waals surface area contributed by atoms with Crippen LogP contribution in [-0.2, 0) is 26.5 Å². The Hall–Kier alpha value is -9.80. The molecule has 0 atom stereocenters. The Morgan fingerprint density at radius 1 is 0.525 bits per heavy atom. The Morgan fingerprint density at radius 2 is 1.19 bits per heavy atom. The zero-order valence-electron chi connectivity index (χ0n) is 43.6. The zero-order valence-corrected chi connectivity index (χ0v) is 45.9. The van der Waals surface area contributed by atoms with Gasteiger partial charge < -0.3 is 22.8 Å². The summed E-state index contributed by atoms with van der Waals surface area (Å²) in [6.45, 7) is 15.0. The molecule has 0 amide bonds. The summed E-state index contributed by atoms with van der Waals surface area (Å²) < 4.78 is 17.9. The van der Waals surface area contributed by atoms with Crippen LogP contribution in [0.25, 0.3) is 132 Å². The summed E-state index contributed by atoms with van der Waals surface area (Å²) in [4.78, 5) is 8.96. The molecule has 0 aliphatic rings. The van der Waals surface area contributed by atoms with Gasteiger partial charge in [0, 0.05) is 82.1 Å². The molecule has 0 spiro atoms. The minimum atomic E-state index is -0.112. The van der Waals surface area contributed by atoms with E-state index in [2.05, 4.69) is 250 Å². The molecule has 6 heterocycles. The SMILES string of the molecule is [C-]#[N+]c1cc(Oc2[c-]c3c(cc2)c2cc(-c4cccc5c6ccccc6n(-c6ccccc6)c45)ccc2n3-c2cc(C(C)(C)C)ccn2)[c-]c(-n2[c-][n+](-c3cc4c5ccccc5n5c6ccccc6c(c3)c45)c3ccccc32)c1.[Pt]. The van der Waals surface area contributed by atoms with Gasteiger partial charge in [0.25, 0.3) is 6.33 Å². The molecule has 6 aromatic heterocycles. The minimum absolute atomic E-state index is 0. The van der Waals surface area contributed by atoms with Crippen LogP contribution >= 0.6 is 0 Å². The minimum Gasteiger partial charge on any atom is -0.511 e. The quantitative estimate of drug-likeness (QED) is 0.118. The van der Waals surface area contributed by atoms with Crippen LogP contribution in [0.15, 0.2) is 219 Å². The summed E-state index contributed by atoms with van der Waals surface area (Å²) in [6, 6.07) is 82.0. The first-order valence-electron chi connectivity index (χ1n) is 26.6. The molecule has 10 aromatic carbocycles. The van der Waals surface area contributed by atoms with Gasteiger partial charge in [-0.15, -0.1) is 29.7 Å². The van der Waals surface area contributed by atoms with Crippen molar-refractivity contribution in [3.05, 3.63) is 254 Å². The Morgan fingerprint density at radius 3 is 1.93 bits per heavy atom. The Balaban J connectivity index is 0.00000552. The molecule has 0 radical (unpaired) electrons. The van der Waals surface area contributed by atoms with Crippen molar-refractivity contribution in [1.29, 1.82) is 0 Å². The first-order chi connectivity index (χ1) is 38.8. The van der Waals surface area contributed by atoms with Gasteiger partial charge in [-0.3, -0.25) is 9.41 Å². The molecule has 0 saturated heterocycles. The van der Waals surface area contributed by atoms with E-state index in [0.717, 1.165) is 72.2 Å². The molecule has 0 aliphatic carbocycles. The van der Waals surface area contributed by atoms with Crippen molar-refractivity contribution in [3.8, 4) is 45.5 Å². The van der Waals surface area contributed by atoms with Crippen LogP contribution < -0.4 is 9.30 Å². The van der Waals surface area contributed by atoms with Gasteiger partial charge in [0.1, 0.15) is 5.82 Å². The van der Waals surface area contributed by atoms with Crippen molar-refractivity contribution in [1.82, 2.24) is 23.1 Å². The maximum Gasteiger partial charge on any atom is 0.268 e. The second kappa shape index (κ2) is 17.9. The van der Waals surface area contributed by atoms with Gasteiger partial charge in [-0.05, 0) is 88.3 Å². The number of para-hydroxylation sites is 7. The molecular weight excluding hydrogens is 1160 g/mol. The second-order valence-corrected chi connectivity index (χ2v) is 21.5. The van der Waals surface area contributed by atoms with Gasteiger partial charge in [0.05, 0.1) is 56.6 Å². The number of fused-ring (bicyclic) bond motifs is 13. The van der Waals surface area contributed by atoms with E-state index in [9.17, 15) is 0 Å². The zero-order chi connectivity index (χ0) is 52.7. The van der Waals surface area contributed by atoms with Gasteiger partial charge >= 0.3 is 0 Å². The number of ether oxygens (including phenoxy) is 1. The number of pyridine rings is 1. The first-order valence-corrected chi connectivity index (χ1v) is 26.6. The number of rotatable bonds is 7. The first kappa shape index (κ1) is 47.4. The predicted octanol–water partition coefficient (Wildman–Crippen LogP) is 17.4. The molecule has 80 heavy (non-hydrogen) atoms. The molecule has 8 nitrogen and oxygen atoms in total. The van der Waals surface area contributed by atoms with Crippen molar-refractivity contribution >= 4 is 98.4 Å². The maximum atomic E-state index is 8.29. The fourth-order valence-corrected chi connectivity index (χ4v) is 12.4. The van der Waals surface area contributed by atoms with E-state index in [4.69, 9.17) is 16.3 Å². The van der Waals surface area contributed by atoms with Crippen LogP contribution in [-0.4, -0.2) is 23.1 Å². The van der Waals surface area contributed by atoms with Crippen molar-refractivity contribution in [2.45, 2.75) is 26.2 Å². The summed E-state index contributed by atoms with van der Waals surface area (Å²) in [6.07, 6.45) is 5.60. The average molecular weight is 1210 g/mol. The van der Waals surface area contributed by atoms with Crippen molar-refractivity contribution in [3.63, 3.8) is 0 Å². The Bertz CT molecular complexity index is 5160. The third-order valence-corrected chi connectivity index (χ3v) is 15.9. The molecule has 0 aliphatic heterocycles. The van der Waals surface area contributed by atoms with Gasteiger partial charge in [0.15, 0.2) is 0 Å². The fraction of sp³-hybridized carbons (Fsp3) is 0.0563. The predicted molar refractivity (Wildman–Crippen MR) is 319 cm³/mol. The maximum absolute atomic E-state index is 8.29. The van der Waals surface area contributed by atoms with Crippen LogP contribution in [0, 0.1) is 25.0 Å². The van der Waals surface area contributed by atoms with Crippen LogP contribution in [0.2, 0.25) is 0 Å². The fourth-order valence-electron chi connectivity index (χ4n) is 12.4. The molecular formula is C71H45N7OPt-2. The number of hydrogen-bond donors (Lipinski definition) is 0. The summed E-state index contributed by atoms with van der Waals surface area (Å²) in [7, 11) is 0. The summed E-state index contributed by atoms with van der Waals surface area (Å²) in [5.41, 5.74) is 16.0. The van der Waals surface area contributed by atoms with Gasteiger partial charge in [-0.25, -0.2) is 4.98 Å². The monoisotopic (exact) mass is 1210 g/mol. The molecule has 0 fully saturated rings. The van der Waals surface area contributed by atoms with Gasteiger partial charge in [-0.1, -0.05) is 159 Å². The standard InChI is InChI=1S/C71H45N7O.Pt/c1-71(2,3)45-33-34-73-68(36-45)77-64-32-29-44(52-22-16-23-57-53-19-8-11-24-61(53)76(69(52)57)47-17-6-5-7-18-47)35-58(64)56-31-30-50(42-67(56)77)79-51-38-46(72-4)37-48(39-51)74-43-75(66-28-15-14-27-65(66)74)49-40-59-54-20-9-12-25-62(54)78-63-26-13-10-21-55(63)60(41-49)70(59)78;/h5-38,40-41H,1-3H3;/q-2;. The van der Waals surface area contributed by atoms with Gasteiger partial charge in [-0.2, -0.15) is 12.1 Å². The van der Waals surface area contributed by atoms with E-state index in [-0.39, 0.29) is 26.5 Å². The number of hydrogen-bond acceptors (Lipinski definition) is 2. The van der Waals surface area contributed by atoms with Crippen LogP contribution in [0.1, 0.15) is 26.3 Å². The van der Waals surface area contributed by atoms with E-state index in [1.807, 2.05) is 29.0 Å². The van der Waals surface area contributed by atoms with Crippen LogP contribution in [0.4, 0.5) is 5.69 Å². The summed E-state index contributed by atoms with van der Waals surface area (Å²) in [5.74, 6) is 1.65. The molecule has 0 bridgehead atoms. The molecule has 0 N–H and O–H groups in total. The number of imidazole rings is 1. The smallest absolute Gasteiger partial charge is 0.268 e. The topological polar surface area (TPSA) is 49.6 Å².